The summed E-state index contributed by atoms with van der Waals surface area (Å²) in [6.07, 6.45) is 5.36. The van der Waals surface area contributed by atoms with Crippen molar-refractivity contribution in [1.29, 1.82) is 0 Å². The van der Waals surface area contributed by atoms with Crippen LogP contribution in [0, 0.1) is 12.3 Å². The van der Waals surface area contributed by atoms with Crippen molar-refractivity contribution >= 4 is 16.7 Å². The topological polar surface area (TPSA) is 36.4 Å². The van der Waals surface area contributed by atoms with E-state index in [1.54, 1.807) is 0 Å². The van der Waals surface area contributed by atoms with Crippen molar-refractivity contribution in [1.82, 2.24) is 4.98 Å². The second-order valence-corrected chi connectivity index (χ2v) is 4.03. The highest BCUT2D eigenvalue weighted by molar-refractivity contribution is 5.84. The molecule has 18 heavy (non-hydrogen) atoms. The maximum Gasteiger partial charge on any atom is 0.130 e. The number of anilines is 1. The molecule has 0 atom stereocenters. The molecule has 0 saturated carbocycles. The van der Waals surface area contributed by atoms with Crippen LogP contribution in [0.15, 0.2) is 30.3 Å². The Kier molecular flexibility index (Phi) is 3.81. The van der Waals surface area contributed by atoms with Gasteiger partial charge < -0.3 is 10.0 Å². The van der Waals surface area contributed by atoms with Gasteiger partial charge in [0.25, 0.3) is 0 Å². The Morgan fingerprint density at radius 2 is 2.17 bits per heavy atom. The first-order valence-corrected chi connectivity index (χ1v) is 5.98. The lowest BCUT2D eigenvalue weighted by Crippen LogP contribution is -2.24. The normalized spacial score (nSPS) is 10.3. The maximum atomic E-state index is 9.46. The number of aromatic nitrogens is 1. The predicted molar refractivity (Wildman–Crippen MR) is 74.4 cm³/mol. The van der Waals surface area contributed by atoms with Crippen molar-refractivity contribution in [3.05, 3.63) is 35.9 Å². The Morgan fingerprint density at radius 3 is 2.83 bits per heavy atom. The minimum absolute atomic E-state index is 0.00361. The summed E-state index contributed by atoms with van der Waals surface area (Å²) in [5, 5.41) is 10.4. The van der Waals surface area contributed by atoms with E-state index in [0.29, 0.717) is 6.54 Å². The van der Waals surface area contributed by atoms with E-state index in [0.717, 1.165) is 28.8 Å². The van der Waals surface area contributed by atoms with Crippen LogP contribution in [0.3, 0.4) is 0 Å². The second-order valence-electron chi connectivity index (χ2n) is 4.03. The second kappa shape index (κ2) is 5.52. The van der Waals surface area contributed by atoms with Crippen LogP contribution in [0.4, 0.5) is 5.82 Å². The van der Waals surface area contributed by atoms with Crippen molar-refractivity contribution in [3.8, 4) is 12.3 Å². The number of benzene rings is 1. The summed E-state index contributed by atoms with van der Waals surface area (Å²) >= 11 is 0. The molecule has 0 aliphatic carbocycles. The van der Waals surface area contributed by atoms with E-state index in [1.807, 2.05) is 42.2 Å². The number of fused-ring (bicyclic) bond motifs is 1. The highest BCUT2D eigenvalue weighted by Crippen LogP contribution is 2.22. The van der Waals surface area contributed by atoms with Crippen molar-refractivity contribution in [2.45, 2.75) is 13.5 Å². The zero-order valence-corrected chi connectivity index (χ0v) is 10.4. The van der Waals surface area contributed by atoms with Crippen LogP contribution < -0.4 is 4.90 Å². The number of terminal acetylenes is 1. The van der Waals surface area contributed by atoms with Gasteiger partial charge in [-0.2, -0.15) is 0 Å². The molecule has 92 valence electrons. The Bertz CT molecular complexity index is 587. The van der Waals surface area contributed by atoms with E-state index in [-0.39, 0.29) is 6.61 Å². The van der Waals surface area contributed by atoms with E-state index in [1.165, 1.54) is 0 Å². The smallest absolute Gasteiger partial charge is 0.130 e. The molecule has 0 unspecified atom stereocenters. The van der Waals surface area contributed by atoms with Crippen LogP contribution in [0.5, 0.6) is 0 Å². The molecule has 0 spiro atoms. The third-order valence-electron chi connectivity index (χ3n) is 2.95. The first kappa shape index (κ1) is 12.4. The summed E-state index contributed by atoms with van der Waals surface area (Å²) in [7, 11) is 0. The number of nitrogens with zero attached hydrogens (tertiary/aromatic N) is 2. The van der Waals surface area contributed by atoms with Gasteiger partial charge in [-0.1, -0.05) is 24.1 Å². The monoisotopic (exact) mass is 240 g/mol. The number of hydrogen-bond acceptors (Lipinski definition) is 3. The van der Waals surface area contributed by atoms with Gasteiger partial charge in [-0.3, -0.25) is 0 Å². The van der Waals surface area contributed by atoms with E-state index >= 15 is 0 Å². The molecular formula is C15H16N2O. The Labute approximate surface area is 107 Å². The third kappa shape index (κ3) is 2.29. The molecule has 3 nitrogen and oxygen atoms in total. The molecule has 1 heterocycles. The predicted octanol–water partition coefficient (Wildman–Crippen LogP) is 2.19. The van der Waals surface area contributed by atoms with Crippen molar-refractivity contribution in [2.75, 3.05) is 18.0 Å². The summed E-state index contributed by atoms with van der Waals surface area (Å²) in [4.78, 5) is 6.60. The van der Waals surface area contributed by atoms with Crippen LogP contribution >= 0.6 is 0 Å². The van der Waals surface area contributed by atoms with Crippen LogP contribution in [0.1, 0.15) is 12.5 Å². The molecule has 0 saturated heterocycles. The van der Waals surface area contributed by atoms with Gasteiger partial charge in [-0.05, 0) is 24.6 Å². The highest BCUT2D eigenvalue weighted by atomic mass is 16.3. The van der Waals surface area contributed by atoms with E-state index in [4.69, 9.17) is 6.42 Å². The largest absolute Gasteiger partial charge is 0.392 e. The maximum absolute atomic E-state index is 9.46. The summed E-state index contributed by atoms with van der Waals surface area (Å²) in [5.41, 5.74) is 1.76. The van der Waals surface area contributed by atoms with Crippen molar-refractivity contribution < 1.29 is 5.11 Å². The molecule has 0 aliphatic rings. The SMILES string of the molecule is C#CCN(CC)c1cc(CO)c2ccccc2n1. The third-order valence-corrected chi connectivity index (χ3v) is 2.95. The Morgan fingerprint density at radius 1 is 1.39 bits per heavy atom. The van der Waals surface area contributed by atoms with Crippen molar-refractivity contribution in [3.63, 3.8) is 0 Å². The number of aliphatic hydroxyl groups excluding tert-OH is 1. The lowest BCUT2D eigenvalue weighted by atomic mass is 10.1. The number of para-hydroxylation sites is 1. The van der Waals surface area contributed by atoms with Gasteiger partial charge in [0.1, 0.15) is 5.82 Å². The van der Waals surface area contributed by atoms with Gasteiger partial charge in [-0.15, -0.1) is 6.42 Å². The van der Waals surface area contributed by atoms with Crippen LogP contribution in [-0.4, -0.2) is 23.2 Å². The first-order chi connectivity index (χ1) is 8.80. The van der Waals surface area contributed by atoms with Gasteiger partial charge in [0.2, 0.25) is 0 Å². The zero-order valence-electron chi connectivity index (χ0n) is 10.4. The lowest BCUT2D eigenvalue weighted by Gasteiger charge is -2.20. The van der Waals surface area contributed by atoms with Gasteiger partial charge in [0.05, 0.1) is 18.7 Å². The molecular weight excluding hydrogens is 224 g/mol. The quantitative estimate of drug-likeness (QED) is 0.832. The average Bonchev–Trinajstić information content (AvgIpc) is 2.43. The van der Waals surface area contributed by atoms with Gasteiger partial charge in [0.15, 0.2) is 0 Å². The molecule has 0 bridgehead atoms. The fraction of sp³-hybridized carbons (Fsp3) is 0.267. The van der Waals surface area contributed by atoms with Gasteiger partial charge in [0, 0.05) is 11.9 Å². The van der Waals surface area contributed by atoms with Crippen molar-refractivity contribution in [2.24, 2.45) is 0 Å². The summed E-state index contributed by atoms with van der Waals surface area (Å²) in [6.45, 7) is 3.35. The number of rotatable bonds is 4. The van der Waals surface area contributed by atoms with E-state index < -0.39 is 0 Å². The molecule has 1 aromatic heterocycles. The summed E-state index contributed by atoms with van der Waals surface area (Å²) < 4.78 is 0. The Hall–Kier alpha value is -2.05. The molecule has 3 heteroatoms. The fourth-order valence-electron chi connectivity index (χ4n) is 1.99. The van der Waals surface area contributed by atoms with Crippen LogP contribution in [0.25, 0.3) is 10.9 Å². The zero-order chi connectivity index (χ0) is 13.0. The average molecular weight is 240 g/mol. The summed E-state index contributed by atoms with van der Waals surface area (Å²) in [5.74, 6) is 3.44. The molecule has 0 amide bonds. The lowest BCUT2D eigenvalue weighted by molar-refractivity contribution is 0.283. The molecule has 0 fully saturated rings. The molecule has 1 aromatic carbocycles. The first-order valence-electron chi connectivity index (χ1n) is 5.98. The molecule has 2 aromatic rings. The fourth-order valence-corrected chi connectivity index (χ4v) is 1.99. The van der Waals surface area contributed by atoms with Crippen LogP contribution in [-0.2, 0) is 6.61 Å². The standard InChI is InChI=1S/C15H16N2O/c1-3-9-17(4-2)15-10-12(11-18)13-7-5-6-8-14(13)16-15/h1,5-8,10,18H,4,9,11H2,2H3. The Balaban J connectivity index is 2.56. The molecule has 2 rings (SSSR count). The minimum Gasteiger partial charge on any atom is -0.392 e. The van der Waals surface area contributed by atoms with Crippen LogP contribution in [0.2, 0.25) is 0 Å². The number of aliphatic hydroxyl groups is 1. The summed E-state index contributed by atoms with van der Waals surface area (Å²) in [6, 6.07) is 9.71. The van der Waals surface area contributed by atoms with Gasteiger partial charge in [-0.25, -0.2) is 4.98 Å². The highest BCUT2D eigenvalue weighted by Gasteiger charge is 2.09. The number of pyridine rings is 1. The molecule has 0 aliphatic heterocycles. The van der Waals surface area contributed by atoms with E-state index in [2.05, 4.69) is 10.9 Å². The van der Waals surface area contributed by atoms with E-state index in [9.17, 15) is 5.11 Å². The van der Waals surface area contributed by atoms with Gasteiger partial charge >= 0.3 is 0 Å². The minimum atomic E-state index is 0.00361. The molecule has 1 N–H and O–H groups in total. The molecule has 0 radical (unpaired) electrons. The number of hydrogen-bond donors (Lipinski definition) is 1.